The Kier molecular flexibility index (Phi) is 3.25. The molecular formula is C15H21NO. The van der Waals surface area contributed by atoms with Gasteiger partial charge in [0.05, 0.1) is 6.26 Å². The molecule has 0 bridgehead atoms. The first-order valence-electron chi connectivity index (χ1n) is 6.23. The predicted octanol–water partition coefficient (Wildman–Crippen LogP) is 3.88. The molecule has 17 heavy (non-hydrogen) atoms. The van der Waals surface area contributed by atoms with E-state index in [1.807, 2.05) is 6.26 Å². The van der Waals surface area contributed by atoms with Crippen molar-refractivity contribution in [3.63, 3.8) is 0 Å². The van der Waals surface area contributed by atoms with Gasteiger partial charge in [-0.2, -0.15) is 0 Å². The van der Waals surface area contributed by atoms with Crippen molar-refractivity contribution >= 4 is 11.0 Å². The topological polar surface area (TPSA) is 25.2 Å². The Morgan fingerprint density at radius 1 is 1.24 bits per heavy atom. The zero-order valence-electron chi connectivity index (χ0n) is 11.1. The second-order valence-corrected chi connectivity index (χ2v) is 5.55. The van der Waals surface area contributed by atoms with Crippen LogP contribution >= 0.6 is 0 Å². The van der Waals surface area contributed by atoms with Crippen molar-refractivity contribution in [1.29, 1.82) is 0 Å². The first-order valence-corrected chi connectivity index (χ1v) is 6.23. The van der Waals surface area contributed by atoms with Gasteiger partial charge >= 0.3 is 0 Å². The van der Waals surface area contributed by atoms with E-state index in [4.69, 9.17) is 4.42 Å². The van der Waals surface area contributed by atoms with E-state index in [2.05, 4.69) is 51.2 Å². The molecule has 1 N–H and O–H groups in total. The summed E-state index contributed by atoms with van der Waals surface area (Å²) in [6.07, 6.45) is 2.93. The Balaban J connectivity index is 2.28. The molecule has 2 aromatic rings. The fourth-order valence-electron chi connectivity index (χ4n) is 1.85. The molecule has 0 atom stereocenters. The van der Waals surface area contributed by atoms with Crippen LogP contribution in [0.4, 0.5) is 0 Å². The lowest BCUT2D eigenvalue weighted by Gasteiger charge is -2.20. The molecule has 0 saturated carbocycles. The minimum atomic E-state index is 0.131. The second-order valence-electron chi connectivity index (χ2n) is 5.55. The van der Waals surface area contributed by atoms with Crippen molar-refractivity contribution in [3.8, 4) is 0 Å². The van der Waals surface area contributed by atoms with Crippen LogP contribution in [0.1, 0.15) is 38.8 Å². The van der Waals surface area contributed by atoms with Gasteiger partial charge in [-0.15, -0.1) is 0 Å². The second kappa shape index (κ2) is 4.53. The van der Waals surface area contributed by atoms with E-state index in [-0.39, 0.29) is 5.54 Å². The maximum atomic E-state index is 5.57. The molecule has 0 saturated heterocycles. The van der Waals surface area contributed by atoms with E-state index >= 15 is 0 Å². The number of hydrogen-bond donors (Lipinski definition) is 1. The third kappa shape index (κ3) is 2.89. The van der Waals surface area contributed by atoms with E-state index in [0.29, 0.717) is 0 Å². The minimum absolute atomic E-state index is 0.131. The number of furan rings is 1. The van der Waals surface area contributed by atoms with E-state index in [1.54, 1.807) is 0 Å². The van der Waals surface area contributed by atoms with E-state index in [1.165, 1.54) is 16.5 Å². The first-order chi connectivity index (χ1) is 7.99. The highest BCUT2D eigenvalue weighted by Crippen LogP contribution is 2.23. The lowest BCUT2D eigenvalue weighted by atomic mass is 10.1. The van der Waals surface area contributed by atoms with Gasteiger partial charge in [0.15, 0.2) is 0 Å². The summed E-state index contributed by atoms with van der Waals surface area (Å²) in [7, 11) is 0. The van der Waals surface area contributed by atoms with Crippen LogP contribution in [0.5, 0.6) is 0 Å². The molecule has 2 heteroatoms. The van der Waals surface area contributed by atoms with Crippen LogP contribution < -0.4 is 5.32 Å². The van der Waals surface area contributed by atoms with Crippen molar-refractivity contribution in [2.24, 2.45) is 0 Å². The number of rotatable bonds is 3. The standard InChI is InChI=1S/C15H21NO/c1-5-11-6-7-14-13(8-11)12(10-17-14)9-16-15(2,3)4/h6-8,10,16H,5,9H2,1-4H3. The molecule has 0 aliphatic heterocycles. The number of fused-ring (bicyclic) bond motifs is 1. The maximum Gasteiger partial charge on any atom is 0.134 e. The van der Waals surface area contributed by atoms with Gasteiger partial charge in [0.2, 0.25) is 0 Å². The average Bonchev–Trinajstić information content (AvgIpc) is 2.67. The summed E-state index contributed by atoms with van der Waals surface area (Å²) in [4.78, 5) is 0. The largest absolute Gasteiger partial charge is 0.464 e. The van der Waals surface area contributed by atoms with Crippen molar-refractivity contribution in [1.82, 2.24) is 5.32 Å². The van der Waals surface area contributed by atoms with Crippen LogP contribution in [0.2, 0.25) is 0 Å². The highest BCUT2D eigenvalue weighted by Gasteiger charge is 2.11. The number of aryl methyl sites for hydroxylation is 1. The summed E-state index contributed by atoms with van der Waals surface area (Å²) in [6, 6.07) is 6.43. The first kappa shape index (κ1) is 12.2. The molecule has 1 heterocycles. The number of hydrogen-bond acceptors (Lipinski definition) is 2. The van der Waals surface area contributed by atoms with Crippen molar-refractivity contribution in [2.45, 2.75) is 46.2 Å². The zero-order valence-corrected chi connectivity index (χ0v) is 11.1. The molecule has 1 aromatic carbocycles. The minimum Gasteiger partial charge on any atom is -0.464 e. The Labute approximate surface area is 103 Å². The summed E-state index contributed by atoms with van der Waals surface area (Å²) in [5.41, 5.74) is 3.71. The molecule has 1 aromatic heterocycles. The summed E-state index contributed by atoms with van der Waals surface area (Å²) < 4.78 is 5.57. The van der Waals surface area contributed by atoms with Crippen LogP contribution in [0.3, 0.4) is 0 Å². The van der Waals surface area contributed by atoms with Crippen LogP contribution in [0.15, 0.2) is 28.9 Å². The normalized spacial score (nSPS) is 12.2. The van der Waals surface area contributed by atoms with E-state index in [9.17, 15) is 0 Å². The smallest absolute Gasteiger partial charge is 0.134 e. The molecule has 2 nitrogen and oxygen atoms in total. The van der Waals surface area contributed by atoms with Crippen LogP contribution in [-0.2, 0) is 13.0 Å². The van der Waals surface area contributed by atoms with E-state index < -0.39 is 0 Å². The van der Waals surface area contributed by atoms with Crippen LogP contribution in [0.25, 0.3) is 11.0 Å². The van der Waals surface area contributed by atoms with Crippen molar-refractivity contribution in [2.75, 3.05) is 0 Å². The van der Waals surface area contributed by atoms with Gasteiger partial charge in [-0.1, -0.05) is 13.0 Å². The number of nitrogens with one attached hydrogen (secondary N) is 1. The fourth-order valence-corrected chi connectivity index (χ4v) is 1.85. The summed E-state index contributed by atoms with van der Waals surface area (Å²) in [5, 5.41) is 4.73. The molecule has 92 valence electrons. The van der Waals surface area contributed by atoms with Crippen molar-refractivity contribution in [3.05, 3.63) is 35.6 Å². The summed E-state index contributed by atoms with van der Waals surface area (Å²) in [6.45, 7) is 9.55. The average molecular weight is 231 g/mol. The zero-order chi connectivity index (χ0) is 12.5. The SMILES string of the molecule is CCc1ccc2occ(CNC(C)(C)C)c2c1. The molecule has 0 fully saturated rings. The van der Waals surface area contributed by atoms with Gasteiger partial charge in [0.25, 0.3) is 0 Å². The molecule has 2 rings (SSSR count). The quantitative estimate of drug-likeness (QED) is 0.867. The Morgan fingerprint density at radius 3 is 2.65 bits per heavy atom. The summed E-state index contributed by atoms with van der Waals surface area (Å²) >= 11 is 0. The Morgan fingerprint density at radius 2 is 2.00 bits per heavy atom. The lowest BCUT2D eigenvalue weighted by molar-refractivity contribution is 0.423. The Bertz CT molecular complexity index is 505. The molecule has 0 spiro atoms. The third-order valence-corrected chi connectivity index (χ3v) is 2.94. The van der Waals surface area contributed by atoms with Crippen LogP contribution in [0, 0.1) is 0 Å². The van der Waals surface area contributed by atoms with Gasteiger partial charge in [0, 0.05) is 23.0 Å². The van der Waals surface area contributed by atoms with Crippen molar-refractivity contribution < 1.29 is 4.42 Å². The van der Waals surface area contributed by atoms with Gasteiger partial charge in [-0.05, 0) is 44.9 Å². The van der Waals surface area contributed by atoms with E-state index in [0.717, 1.165) is 18.5 Å². The molecule has 0 radical (unpaired) electrons. The lowest BCUT2D eigenvalue weighted by Crippen LogP contribution is -2.34. The predicted molar refractivity (Wildman–Crippen MR) is 72.2 cm³/mol. The molecule has 0 unspecified atom stereocenters. The molecular weight excluding hydrogens is 210 g/mol. The van der Waals surface area contributed by atoms with Gasteiger partial charge in [-0.3, -0.25) is 0 Å². The third-order valence-electron chi connectivity index (χ3n) is 2.94. The number of benzene rings is 1. The van der Waals surface area contributed by atoms with Gasteiger partial charge in [-0.25, -0.2) is 0 Å². The Hall–Kier alpha value is -1.28. The summed E-state index contributed by atoms with van der Waals surface area (Å²) in [5.74, 6) is 0. The molecule has 0 aliphatic carbocycles. The molecule has 0 amide bonds. The fraction of sp³-hybridized carbons (Fsp3) is 0.467. The highest BCUT2D eigenvalue weighted by molar-refractivity contribution is 5.81. The molecule has 0 aliphatic rings. The monoisotopic (exact) mass is 231 g/mol. The highest BCUT2D eigenvalue weighted by atomic mass is 16.3. The van der Waals surface area contributed by atoms with Gasteiger partial charge < -0.3 is 9.73 Å². The van der Waals surface area contributed by atoms with Crippen LogP contribution in [-0.4, -0.2) is 5.54 Å². The van der Waals surface area contributed by atoms with Gasteiger partial charge in [0.1, 0.15) is 5.58 Å². The maximum absolute atomic E-state index is 5.57.